The van der Waals surface area contributed by atoms with Gasteiger partial charge in [-0.1, -0.05) is 30.3 Å². The van der Waals surface area contributed by atoms with Crippen LogP contribution in [0.1, 0.15) is 24.4 Å². The van der Waals surface area contributed by atoms with E-state index < -0.39 is 12.1 Å². The first kappa shape index (κ1) is 12.4. The molecule has 1 aromatic carbocycles. The van der Waals surface area contributed by atoms with Gasteiger partial charge in [0.2, 0.25) is 5.91 Å². The molecule has 96 valence electrons. The summed E-state index contributed by atoms with van der Waals surface area (Å²) in [6.45, 7) is 1.42. The normalized spacial score (nSPS) is 16.3. The van der Waals surface area contributed by atoms with Crippen molar-refractivity contribution < 1.29 is 14.7 Å². The molecule has 5 nitrogen and oxygen atoms in total. The van der Waals surface area contributed by atoms with E-state index in [-0.39, 0.29) is 5.91 Å². The Morgan fingerprint density at radius 1 is 1.17 bits per heavy atom. The molecule has 1 unspecified atom stereocenters. The van der Waals surface area contributed by atoms with Crippen LogP contribution in [0.3, 0.4) is 0 Å². The molecule has 18 heavy (non-hydrogen) atoms. The van der Waals surface area contributed by atoms with Crippen LogP contribution in [0.2, 0.25) is 0 Å². The number of likely N-dealkylation sites (tertiary alicyclic amines) is 1. The summed E-state index contributed by atoms with van der Waals surface area (Å²) < 4.78 is 0. The van der Waals surface area contributed by atoms with Crippen molar-refractivity contribution >= 4 is 12.0 Å². The highest BCUT2D eigenvalue weighted by molar-refractivity contribution is 5.86. The average Bonchev–Trinajstić information content (AvgIpc) is 2.90. The third-order valence-corrected chi connectivity index (χ3v) is 3.07. The molecule has 1 saturated heterocycles. The highest BCUT2D eigenvalue weighted by Gasteiger charge is 2.28. The molecule has 0 aromatic heterocycles. The van der Waals surface area contributed by atoms with E-state index in [9.17, 15) is 9.59 Å². The van der Waals surface area contributed by atoms with E-state index in [1.807, 2.05) is 6.07 Å². The molecule has 0 aliphatic carbocycles. The lowest BCUT2D eigenvalue weighted by atomic mass is 10.1. The Bertz CT molecular complexity index is 427. The van der Waals surface area contributed by atoms with Crippen LogP contribution in [-0.2, 0) is 4.79 Å². The fraction of sp³-hybridized carbons (Fsp3) is 0.385. The van der Waals surface area contributed by atoms with Gasteiger partial charge in [-0.25, -0.2) is 4.79 Å². The molecule has 1 fully saturated rings. The minimum absolute atomic E-state index is 0.166. The molecule has 1 atom stereocenters. The van der Waals surface area contributed by atoms with Crippen LogP contribution < -0.4 is 5.32 Å². The second kappa shape index (κ2) is 5.53. The number of carbonyl (C=O) groups excluding carboxylic acids is 1. The van der Waals surface area contributed by atoms with Crippen molar-refractivity contribution in [2.24, 2.45) is 0 Å². The number of nitrogens with zero attached hydrogens (tertiary/aromatic N) is 1. The summed E-state index contributed by atoms with van der Waals surface area (Å²) in [5.41, 5.74) is 0.678. The minimum atomic E-state index is -1.18. The maximum Gasteiger partial charge on any atom is 0.405 e. The lowest BCUT2D eigenvalue weighted by molar-refractivity contribution is -0.132. The van der Waals surface area contributed by atoms with Gasteiger partial charge in [-0.2, -0.15) is 0 Å². The number of carbonyl (C=O) groups is 2. The lowest BCUT2D eigenvalue weighted by Crippen LogP contribution is -2.41. The lowest BCUT2D eigenvalue weighted by Gasteiger charge is -2.23. The standard InChI is InChI=1S/C13H16N2O3/c16-12(15-8-4-5-9-15)11(14-13(17)18)10-6-2-1-3-7-10/h1-3,6-7,11,14H,4-5,8-9H2,(H,17,18). The van der Waals surface area contributed by atoms with Gasteiger partial charge >= 0.3 is 6.09 Å². The van der Waals surface area contributed by atoms with E-state index in [2.05, 4.69) is 5.32 Å². The Balaban J connectivity index is 2.19. The first-order chi connectivity index (χ1) is 8.68. The van der Waals surface area contributed by atoms with Crippen molar-refractivity contribution in [3.8, 4) is 0 Å². The summed E-state index contributed by atoms with van der Waals surface area (Å²) in [4.78, 5) is 24.8. The van der Waals surface area contributed by atoms with Crippen molar-refractivity contribution in [1.29, 1.82) is 0 Å². The molecular formula is C13H16N2O3. The maximum absolute atomic E-state index is 12.3. The van der Waals surface area contributed by atoms with E-state index >= 15 is 0 Å². The number of rotatable bonds is 3. The maximum atomic E-state index is 12.3. The average molecular weight is 248 g/mol. The Labute approximate surface area is 105 Å². The molecule has 0 spiro atoms. The quantitative estimate of drug-likeness (QED) is 0.854. The molecule has 1 heterocycles. The molecule has 1 aromatic rings. The molecule has 2 rings (SSSR count). The summed E-state index contributed by atoms with van der Waals surface area (Å²) in [5, 5.41) is 11.2. The van der Waals surface area contributed by atoms with E-state index in [4.69, 9.17) is 5.11 Å². The third kappa shape index (κ3) is 2.80. The Morgan fingerprint density at radius 3 is 2.33 bits per heavy atom. The number of benzene rings is 1. The number of hydrogen-bond acceptors (Lipinski definition) is 2. The highest BCUT2D eigenvalue weighted by Crippen LogP contribution is 2.19. The molecule has 2 amide bonds. The summed E-state index contributed by atoms with van der Waals surface area (Å²) in [7, 11) is 0. The van der Waals surface area contributed by atoms with E-state index in [0.717, 1.165) is 12.8 Å². The van der Waals surface area contributed by atoms with E-state index in [0.29, 0.717) is 18.7 Å². The van der Waals surface area contributed by atoms with E-state index in [1.54, 1.807) is 29.2 Å². The molecule has 1 aliphatic heterocycles. The second-order valence-electron chi connectivity index (χ2n) is 4.33. The van der Waals surface area contributed by atoms with Crippen LogP contribution in [0.25, 0.3) is 0 Å². The number of carboxylic acid groups (broad SMARTS) is 1. The van der Waals surface area contributed by atoms with Crippen LogP contribution >= 0.6 is 0 Å². The van der Waals surface area contributed by atoms with E-state index in [1.165, 1.54) is 0 Å². The van der Waals surface area contributed by atoms with Gasteiger partial charge in [-0.05, 0) is 18.4 Å². The molecule has 5 heteroatoms. The zero-order valence-electron chi connectivity index (χ0n) is 10.0. The summed E-state index contributed by atoms with van der Waals surface area (Å²) >= 11 is 0. The van der Waals surface area contributed by atoms with Crippen LogP contribution in [0.15, 0.2) is 30.3 Å². The number of hydrogen-bond donors (Lipinski definition) is 2. The fourth-order valence-electron chi connectivity index (χ4n) is 2.18. The van der Waals surface area contributed by atoms with Gasteiger partial charge in [-0.15, -0.1) is 0 Å². The SMILES string of the molecule is O=C(O)NC(C(=O)N1CCCC1)c1ccccc1. The zero-order chi connectivity index (χ0) is 13.0. The van der Waals surface area contributed by atoms with Gasteiger partial charge in [-0.3, -0.25) is 4.79 Å². The highest BCUT2D eigenvalue weighted by atomic mass is 16.4. The van der Waals surface area contributed by atoms with Crippen LogP contribution in [-0.4, -0.2) is 35.1 Å². The first-order valence-electron chi connectivity index (χ1n) is 6.01. The van der Waals surface area contributed by atoms with Crippen LogP contribution in [0, 0.1) is 0 Å². The van der Waals surface area contributed by atoms with Gasteiger partial charge in [0.1, 0.15) is 6.04 Å². The monoisotopic (exact) mass is 248 g/mol. The summed E-state index contributed by atoms with van der Waals surface area (Å²) in [5.74, 6) is -0.166. The summed E-state index contributed by atoms with van der Waals surface area (Å²) in [6, 6.07) is 8.14. The molecule has 1 aliphatic rings. The fourth-order valence-corrected chi connectivity index (χ4v) is 2.18. The number of nitrogens with one attached hydrogen (secondary N) is 1. The predicted molar refractivity (Wildman–Crippen MR) is 66.2 cm³/mol. The van der Waals surface area contributed by atoms with Crippen molar-refractivity contribution in [2.75, 3.05) is 13.1 Å². The van der Waals surface area contributed by atoms with Crippen LogP contribution in [0.5, 0.6) is 0 Å². The van der Waals surface area contributed by atoms with Crippen LogP contribution in [0.4, 0.5) is 4.79 Å². The Morgan fingerprint density at radius 2 is 1.78 bits per heavy atom. The van der Waals surface area contributed by atoms with Crippen molar-refractivity contribution in [2.45, 2.75) is 18.9 Å². The Hall–Kier alpha value is -2.04. The smallest absolute Gasteiger partial charge is 0.405 e. The largest absolute Gasteiger partial charge is 0.465 e. The zero-order valence-corrected chi connectivity index (χ0v) is 10.0. The first-order valence-corrected chi connectivity index (χ1v) is 6.01. The topological polar surface area (TPSA) is 69.6 Å². The van der Waals surface area contributed by atoms with Crippen molar-refractivity contribution in [1.82, 2.24) is 10.2 Å². The second-order valence-corrected chi connectivity index (χ2v) is 4.33. The van der Waals surface area contributed by atoms with Gasteiger partial charge in [0.05, 0.1) is 0 Å². The van der Waals surface area contributed by atoms with Gasteiger partial charge in [0, 0.05) is 13.1 Å². The summed E-state index contributed by atoms with van der Waals surface area (Å²) in [6.07, 6.45) is 0.789. The molecule has 0 saturated carbocycles. The third-order valence-electron chi connectivity index (χ3n) is 3.07. The Kier molecular flexibility index (Phi) is 3.82. The van der Waals surface area contributed by atoms with Gasteiger partial charge < -0.3 is 15.3 Å². The van der Waals surface area contributed by atoms with Gasteiger partial charge in [0.25, 0.3) is 0 Å². The van der Waals surface area contributed by atoms with Gasteiger partial charge in [0.15, 0.2) is 0 Å². The van der Waals surface area contributed by atoms with Crippen molar-refractivity contribution in [3.05, 3.63) is 35.9 Å². The predicted octanol–water partition coefficient (Wildman–Crippen LogP) is 1.62. The van der Waals surface area contributed by atoms with Crippen molar-refractivity contribution in [3.63, 3.8) is 0 Å². The molecular weight excluding hydrogens is 232 g/mol. The molecule has 0 radical (unpaired) electrons. The minimum Gasteiger partial charge on any atom is -0.465 e. The molecule has 2 N–H and O–H groups in total. The number of amides is 2. The molecule has 0 bridgehead atoms.